The van der Waals surface area contributed by atoms with Crippen molar-refractivity contribution in [3.05, 3.63) is 77.4 Å². The molecule has 0 bridgehead atoms. The van der Waals surface area contributed by atoms with Crippen molar-refractivity contribution in [2.75, 3.05) is 0 Å². The van der Waals surface area contributed by atoms with Gasteiger partial charge in [-0.2, -0.15) is 0 Å². The monoisotopic (exact) mass is 240 g/mol. The van der Waals surface area contributed by atoms with Crippen LogP contribution in [-0.4, -0.2) is 0 Å². The number of hydrogen-bond donors (Lipinski definition) is 0. The normalized spacial score (nSPS) is 21.5. The molecule has 1 atom stereocenters. The van der Waals surface area contributed by atoms with Crippen LogP contribution in [-0.2, 0) is 11.3 Å². The lowest BCUT2D eigenvalue weighted by atomic mass is 9.93. The fourth-order valence-corrected chi connectivity index (χ4v) is 2.77. The molecule has 0 radical (unpaired) electrons. The van der Waals surface area contributed by atoms with Crippen LogP contribution in [0.3, 0.4) is 0 Å². The number of halogens is 1. The standard InChI is InChI=1S/C16H13Cl/c17-16(12-13-6-2-1-3-7-13)11-10-14-8-4-5-9-15(14)16/h1-11H,12H2. The molecule has 1 aliphatic rings. The predicted molar refractivity (Wildman–Crippen MR) is 73.2 cm³/mol. The maximum atomic E-state index is 6.75. The van der Waals surface area contributed by atoms with Crippen LogP contribution in [0, 0.1) is 0 Å². The minimum absolute atomic E-state index is 0.377. The van der Waals surface area contributed by atoms with Gasteiger partial charge in [-0.05, 0) is 23.1 Å². The summed E-state index contributed by atoms with van der Waals surface area (Å²) in [6.45, 7) is 0. The smallest absolute Gasteiger partial charge is 0.0924 e. The van der Waals surface area contributed by atoms with Crippen molar-refractivity contribution in [1.82, 2.24) is 0 Å². The Morgan fingerprint density at radius 1 is 0.882 bits per heavy atom. The van der Waals surface area contributed by atoms with Crippen molar-refractivity contribution < 1.29 is 0 Å². The number of fused-ring (bicyclic) bond motifs is 1. The molecule has 84 valence electrons. The fourth-order valence-electron chi connectivity index (χ4n) is 2.38. The molecule has 1 unspecified atom stereocenters. The van der Waals surface area contributed by atoms with Crippen molar-refractivity contribution in [2.24, 2.45) is 0 Å². The van der Waals surface area contributed by atoms with Gasteiger partial charge < -0.3 is 0 Å². The average molecular weight is 241 g/mol. The van der Waals surface area contributed by atoms with Crippen molar-refractivity contribution in [3.8, 4) is 0 Å². The van der Waals surface area contributed by atoms with E-state index < -0.39 is 0 Å². The van der Waals surface area contributed by atoms with E-state index in [4.69, 9.17) is 11.6 Å². The summed E-state index contributed by atoms with van der Waals surface area (Å²) in [5.74, 6) is 0. The third-order valence-electron chi connectivity index (χ3n) is 3.24. The first-order chi connectivity index (χ1) is 8.28. The Bertz CT molecular complexity index is 557. The summed E-state index contributed by atoms with van der Waals surface area (Å²) in [6, 6.07) is 18.7. The van der Waals surface area contributed by atoms with E-state index in [-0.39, 0.29) is 4.87 Å². The average Bonchev–Trinajstić information content (AvgIpc) is 2.69. The van der Waals surface area contributed by atoms with Gasteiger partial charge in [0.05, 0.1) is 4.87 Å². The molecule has 2 aromatic rings. The summed E-state index contributed by atoms with van der Waals surface area (Å²) in [6.07, 6.45) is 5.06. The molecule has 0 fully saturated rings. The molecule has 0 nitrogen and oxygen atoms in total. The summed E-state index contributed by atoms with van der Waals surface area (Å²) >= 11 is 6.75. The van der Waals surface area contributed by atoms with Gasteiger partial charge in [0.25, 0.3) is 0 Å². The molecule has 17 heavy (non-hydrogen) atoms. The molecule has 0 amide bonds. The van der Waals surface area contributed by atoms with Crippen molar-refractivity contribution in [1.29, 1.82) is 0 Å². The lowest BCUT2D eigenvalue weighted by Gasteiger charge is -2.21. The Labute approximate surface area is 107 Å². The van der Waals surface area contributed by atoms with Crippen LogP contribution in [0.15, 0.2) is 60.7 Å². The molecule has 0 spiro atoms. The molecule has 3 rings (SSSR count). The Morgan fingerprint density at radius 2 is 1.59 bits per heavy atom. The molecule has 0 saturated heterocycles. The molecule has 0 N–H and O–H groups in total. The summed E-state index contributed by atoms with van der Waals surface area (Å²) < 4.78 is 0. The van der Waals surface area contributed by atoms with Crippen LogP contribution in [0.5, 0.6) is 0 Å². The van der Waals surface area contributed by atoms with E-state index in [2.05, 4.69) is 48.6 Å². The zero-order valence-electron chi connectivity index (χ0n) is 9.44. The maximum Gasteiger partial charge on any atom is 0.0924 e. The lowest BCUT2D eigenvalue weighted by molar-refractivity contribution is 0.763. The van der Waals surface area contributed by atoms with E-state index in [1.54, 1.807) is 0 Å². The van der Waals surface area contributed by atoms with E-state index >= 15 is 0 Å². The van der Waals surface area contributed by atoms with Gasteiger partial charge in [0.2, 0.25) is 0 Å². The topological polar surface area (TPSA) is 0 Å². The number of hydrogen-bond acceptors (Lipinski definition) is 0. The van der Waals surface area contributed by atoms with Crippen LogP contribution >= 0.6 is 11.6 Å². The largest absolute Gasteiger partial charge is 0.109 e. The maximum absolute atomic E-state index is 6.75. The van der Waals surface area contributed by atoms with Crippen molar-refractivity contribution >= 4 is 17.7 Å². The second-order valence-corrected chi connectivity index (χ2v) is 5.12. The minimum Gasteiger partial charge on any atom is -0.109 e. The zero-order valence-corrected chi connectivity index (χ0v) is 10.2. The zero-order chi connectivity index (χ0) is 11.7. The number of rotatable bonds is 2. The third-order valence-corrected chi connectivity index (χ3v) is 3.70. The van der Waals surface area contributed by atoms with Crippen molar-refractivity contribution in [3.63, 3.8) is 0 Å². The molecular weight excluding hydrogens is 228 g/mol. The summed E-state index contributed by atoms with van der Waals surface area (Å²) in [5, 5.41) is 0. The molecular formula is C16H13Cl. The van der Waals surface area contributed by atoms with Gasteiger partial charge in [-0.15, -0.1) is 11.6 Å². The molecule has 0 heterocycles. The Kier molecular flexibility index (Phi) is 2.53. The summed E-state index contributed by atoms with van der Waals surface area (Å²) in [5.41, 5.74) is 3.72. The van der Waals surface area contributed by atoms with Gasteiger partial charge in [0.1, 0.15) is 0 Å². The lowest BCUT2D eigenvalue weighted by Crippen LogP contribution is -2.17. The minimum atomic E-state index is -0.377. The van der Waals surface area contributed by atoms with Crippen LogP contribution in [0.2, 0.25) is 0 Å². The molecule has 0 aliphatic heterocycles. The van der Waals surface area contributed by atoms with Gasteiger partial charge >= 0.3 is 0 Å². The molecule has 1 heteroatoms. The number of benzene rings is 2. The van der Waals surface area contributed by atoms with E-state index in [0.29, 0.717) is 0 Å². The van der Waals surface area contributed by atoms with Crippen LogP contribution in [0.1, 0.15) is 16.7 Å². The van der Waals surface area contributed by atoms with E-state index in [0.717, 1.165) is 6.42 Å². The van der Waals surface area contributed by atoms with Crippen molar-refractivity contribution in [2.45, 2.75) is 11.3 Å². The van der Waals surface area contributed by atoms with Gasteiger partial charge in [-0.3, -0.25) is 0 Å². The highest BCUT2D eigenvalue weighted by Crippen LogP contribution is 2.41. The van der Waals surface area contributed by atoms with E-state index in [9.17, 15) is 0 Å². The number of allylic oxidation sites excluding steroid dienone is 1. The molecule has 0 saturated carbocycles. The summed E-state index contributed by atoms with van der Waals surface area (Å²) in [7, 11) is 0. The highest BCUT2D eigenvalue weighted by Gasteiger charge is 2.32. The first-order valence-electron chi connectivity index (χ1n) is 5.79. The second-order valence-electron chi connectivity index (χ2n) is 4.45. The van der Waals surface area contributed by atoms with E-state index in [1.807, 2.05) is 18.2 Å². The summed E-state index contributed by atoms with van der Waals surface area (Å²) in [4.78, 5) is -0.377. The van der Waals surface area contributed by atoms with Gasteiger partial charge in [-0.1, -0.05) is 66.7 Å². The Hall–Kier alpha value is -1.53. The number of alkyl halides is 1. The first kappa shape index (κ1) is 10.6. The molecule has 1 aliphatic carbocycles. The van der Waals surface area contributed by atoms with Gasteiger partial charge in [-0.25, -0.2) is 0 Å². The van der Waals surface area contributed by atoms with Crippen LogP contribution in [0.4, 0.5) is 0 Å². The Balaban J connectivity index is 1.97. The highest BCUT2D eigenvalue weighted by atomic mass is 35.5. The SMILES string of the molecule is ClC1(Cc2ccccc2)C=Cc2ccccc21. The fraction of sp³-hybridized carbons (Fsp3) is 0.125. The second kappa shape index (κ2) is 4.05. The van der Waals surface area contributed by atoms with Gasteiger partial charge in [0, 0.05) is 0 Å². The van der Waals surface area contributed by atoms with Crippen LogP contribution < -0.4 is 0 Å². The predicted octanol–water partition coefficient (Wildman–Crippen LogP) is 4.39. The van der Waals surface area contributed by atoms with Crippen LogP contribution in [0.25, 0.3) is 6.08 Å². The van der Waals surface area contributed by atoms with E-state index in [1.165, 1.54) is 16.7 Å². The van der Waals surface area contributed by atoms with Gasteiger partial charge in [0.15, 0.2) is 0 Å². The third kappa shape index (κ3) is 1.89. The molecule has 0 aromatic heterocycles. The quantitative estimate of drug-likeness (QED) is 0.683. The first-order valence-corrected chi connectivity index (χ1v) is 6.17. The highest BCUT2D eigenvalue weighted by molar-refractivity contribution is 6.26. The molecule has 2 aromatic carbocycles. The Morgan fingerprint density at radius 3 is 2.41 bits per heavy atom.